The van der Waals surface area contributed by atoms with Gasteiger partial charge in [-0.05, 0) is 81.3 Å². The Hall–Kier alpha value is -2.87. The van der Waals surface area contributed by atoms with Gasteiger partial charge < -0.3 is 9.64 Å². The highest BCUT2D eigenvalue weighted by molar-refractivity contribution is 9.10. The van der Waals surface area contributed by atoms with Gasteiger partial charge in [0.1, 0.15) is 11.1 Å². The van der Waals surface area contributed by atoms with Gasteiger partial charge in [-0.15, -0.1) is 0 Å². The Labute approximate surface area is 240 Å². The zero-order valence-corrected chi connectivity index (χ0v) is 24.5. The molecule has 0 N–H and O–H groups in total. The largest absolute Gasteiger partial charge is 0.456 e. The van der Waals surface area contributed by atoms with Crippen LogP contribution in [0.3, 0.4) is 0 Å². The lowest BCUT2D eigenvalue weighted by atomic mass is 9.90. The Bertz CT molecular complexity index is 1370. The van der Waals surface area contributed by atoms with E-state index in [1.807, 2.05) is 24.3 Å². The maximum Gasteiger partial charge on any atom is 0.338 e. The van der Waals surface area contributed by atoms with E-state index in [0.29, 0.717) is 27.7 Å². The number of halogens is 3. The van der Waals surface area contributed by atoms with Crippen molar-refractivity contribution in [3.8, 4) is 0 Å². The lowest BCUT2D eigenvalue weighted by Crippen LogP contribution is -2.48. The molecule has 3 amide bonds. The molecule has 0 bridgehead atoms. The van der Waals surface area contributed by atoms with E-state index in [9.17, 15) is 14.4 Å². The fourth-order valence-corrected chi connectivity index (χ4v) is 5.13. The number of carbonyl (C=O) groups is 3. The average molecular weight is 618 g/mol. The van der Waals surface area contributed by atoms with Crippen molar-refractivity contribution < 1.29 is 19.1 Å². The summed E-state index contributed by atoms with van der Waals surface area (Å²) in [6.07, 6.45) is 0.297. The highest BCUT2D eigenvalue weighted by Gasteiger charge is 2.54. The molecule has 38 heavy (non-hydrogen) atoms. The molecule has 6 nitrogen and oxygen atoms in total. The van der Waals surface area contributed by atoms with Crippen molar-refractivity contribution in [2.75, 3.05) is 4.90 Å². The zero-order valence-electron chi connectivity index (χ0n) is 21.4. The van der Waals surface area contributed by atoms with Crippen molar-refractivity contribution in [3.05, 3.63) is 97.9 Å². The zero-order chi connectivity index (χ0) is 27.8. The van der Waals surface area contributed by atoms with E-state index in [0.717, 1.165) is 20.5 Å². The van der Waals surface area contributed by atoms with Crippen LogP contribution in [0.2, 0.25) is 10.0 Å². The van der Waals surface area contributed by atoms with E-state index < -0.39 is 23.1 Å². The molecule has 1 atom stereocenters. The van der Waals surface area contributed by atoms with Gasteiger partial charge in [-0.3, -0.25) is 4.79 Å². The molecule has 3 aromatic carbocycles. The van der Waals surface area contributed by atoms with Crippen LogP contribution < -0.4 is 4.90 Å². The van der Waals surface area contributed by atoms with Crippen molar-refractivity contribution >= 4 is 62.7 Å². The highest BCUT2D eigenvalue weighted by atomic mass is 79.9. The highest BCUT2D eigenvalue weighted by Crippen LogP contribution is 2.38. The van der Waals surface area contributed by atoms with Crippen molar-refractivity contribution in [1.82, 2.24) is 4.90 Å². The van der Waals surface area contributed by atoms with E-state index in [4.69, 9.17) is 27.9 Å². The molecule has 0 aliphatic carbocycles. The SMILES string of the molecule is CC(C)(C)OC(=O)c1ccc(CN2C(=O)N(c3cc(Cl)cc(Cl)c3)C(=O)C2(C)Cc2ccc(Br)cc2)cc1. The van der Waals surface area contributed by atoms with Gasteiger partial charge in [0.25, 0.3) is 5.91 Å². The maximum absolute atomic E-state index is 13.9. The third kappa shape index (κ3) is 6.06. The van der Waals surface area contributed by atoms with Gasteiger partial charge in [0.15, 0.2) is 0 Å². The maximum atomic E-state index is 13.9. The van der Waals surface area contributed by atoms with Crippen LogP contribution in [0.1, 0.15) is 49.2 Å². The second-order valence-corrected chi connectivity index (χ2v) is 12.2. The fraction of sp³-hybridized carbons (Fsp3) is 0.276. The molecule has 1 aliphatic heterocycles. The molecule has 0 saturated carbocycles. The molecule has 9 heteroatoms. The van der Waals surface area contributed by atoms with E-state index in [-0.39, 0.29) is 12.5 Å². The van der Waals surface area contributed by atoms with Gasteiger partial charge in [0.2, 0.25) is 0 Å². The molecule has 4 rings (SSSR count). The molecule has 1 fully saturated rings. The smallest absolute Gasteiger partial charge is 0.338 e. The van der Waals surface area contributed by atoms with Crippen LogP contribution in [0.5, 0.6) is 0 Å². The van der Waals surface area contributed by atoms with Crippen LogP contribution in [0.25, 0.3) is 0 Å². The van der Waals surface area contributed by atoms with Crippen molar-refractivity contribution in [3.63, 3.8) is 0 Å². The number of hydrogen-bond acceptors (Lipinski definition) is 4. The monoisotopic (exact) mass is 616 g/mol. The summed E-state index contributed by atoms with van der Waals surface area (Å²) in [6, 6.07) is 18.6. The molecular weight excluding hydrogens is 591 g/mol. The van der Waals surface area contributed by atoms with E-state index in [1.165, 1.54) is 0 Å². The summed E-state index contributed by atoms with van der Waals surface area (Å²) in [4.78, 5) is 42.8. The normalized spacial score (nSPS) is 17.8. The summed E-state index contributed by atoms with van der Waals surface area (Å²) >= 11 is 15.8. The van der Waals surface area contributed by atoms with Crippen molar-refractivity contribution in [1.29, 1.82) is 0 Å². The summed E-state index contributed by atoms with van der Waals surface area (Å²) in [5, 5.41) is 0.637. The lowest BCUT2D eigenvalue weighted by Gasteiger charge is -2.32. The van der Waals surface area contributed by atoms with Gasteiger partial charge in [-0.25, -0.2) is 14.5 Å². The minimum absolute atomic E-state index is 0.150. The molecule has 1 heterocycles. The van der Waals surface area contributed by atoms with Gasteiger partial charge in [-0.2, -0.15) is 0 Å². The van der Waals surface area contributed by atoms with E-state index >= 15 is 0 Å². The molecule has 0 radical (unpaired) electrons. The van der Waals surface area contributed by atoms with Crippen LogP contribution in [0.15, 0.2) is 71.2 Å². The molecule has 1 aliphatic rings. The van der Waals surface area contributed by atoms with Crippen LogP contribution in [0.4, 0.5) is 10.5 Å². The first kappa shape index (κ1) is 28.1. The number of urea groups is 1. The second kappa shape index (κ2) is 10.7. The van der Waals surface area contributed by atoms with Crippen LogP contribution in [-0.2, 0) is 22.5 Å². The van der Waals surface area contributed by atoms with Crippen molar-refractivity contribution in [2.45, 2.75) is 51.8 Å². The second-order valence-electron chi connectivity index (χ2n) is 10.4. The molecule has 0 spiro atoms. The summed E-state index contributed by atoms with van der Waals surface area (Å²) in [6.45, 7) is 7.33. The van der Waals surface area contributed by atoms with Crippen LogP contribution >= 0.6 is 39.1 Å². The molecular formula is C29H27BrCl2N2O4. The van der Waals surface area contributed by atoms with Crippen molar-refractivity contribution in [2.24, 2.45) is 0 Å². The quantitative estimate of drug-likeness (QED) is 0.210. The van der Waals surface area contributed by atoms with Gasteiger partial charge >= 0.3 is 12.0 Å². The minimum Gasteiger partial charge on any atom is -0.456 e. The average Bonchev–Trinajstić information content (AvgIpc) is 2.99. The first-order valence-corrected chi connectivity index (χ1v) is 13.5. The number of ether oxygens (including phenoxy) is 1. The number of rotatable bonds is 6. The Morgan fingerprint density at radius 2 is 1.47 bits per heavy atom. The van der Waals surface area contributed by atoms with E-state index in [1.54, 1.807) is 75.1 Å². The predicted molar refractivity (Wildman–Crippen MR) is 153 cm³/mol. The Kier molecular flexibility index (Phi) is 7.94. The Balaban J connectivity index is 1.69. The number of esters is 1. The van der Waals surface area contributed by atoms with Gasteiger partial charge in [0.05, 0.1) is 11.3 Å². The number of amides is 3. The van der Waals surface area contributed by atoms with Gasteiger partial charge in [-0.1, -0.05) is 63.4 Å². The molecule has 1 unspecified atom stereocenters. The standard InChI is InChI=1S/C29H27BrCl2N2O4/c1-28(2,3)38-25(35)20-9-5-19(6-10-20)17-33-27(37)34(24-14-22(31)13-23(32)15-24)26(36)29(33,4)16-18-7-11-21(30)12-8-18/h5-15H,16-17H2,1-4H3. The number of anilines is 1. The first-order valence-electron chi connectivity index (χ1n) is 12.0. The molecule has 3 aromatic rings. The van der Waals surface area contributed by atoms with E-state index in [2.05, 4.69) is 15.9 Å². The molecule has 1 saturated heterocycles. The lowest BCUT2D eigenvalue weighted by molar-refractivity contribution is -0.124. The van der Waals surface area contributed by atoms with Crippen LogP contribution in [-0.4, -0.2) is 33.9 Å². The first-order chi connectivity index (χ1) is 17.8. The number of carbonyl (C=O) groups excluding carboxylic acids is 3. The summed E-state index contributed by atoms with van der Waals surface area (Å²) < 4.78 is 6.35. The van der Waals surface area contributed by atoms with Crippen LogP contribution in [0, 0.1) is 0 Å². The predicted octanol–water partition coefficient (Wildman–Crippen LogP) is 7.68. The summed E-state index contributed by atoms with van der Waals surface area (Å²) in [5.74, 6) is -0.810. The fourth-order valence-electron chi connectivity index (χ4n) is 4.35. The molecule has 0 aromatic heterocycles. The number of hydrogen-bond donors (Lipinski definition) is 0. The number of nitrogens with zero attached hydrogens (tertiary/aromatic N) is 2. The topological polar surface area (TPSA) is 66.9 Å². The molecule has 198 valence electrons. The number of benzene rings is 3. The Morgan fingerprint density at radius 1 is 0.921 bits per heavy atom. The summed E-state index contributed by atoms with van der Waals surface area (Å²) in [7, 11) is 0. The third-order valence-electron chi connectivity index (χ3n) is 6.18. The number of imide groups is 1. The Morgan fingerprint density at radius 3 is 2.03 bits per heavy atom. The minimum atomic E-state index is -1.19. The van der Waals surface area contributed by atoms with Gasteiger partial charge in [0, 0.05) is 27.5 Å². The summed E-state index contributed by atoms with van der Waals surface area (Å²) in [5.41, 5.74) is 0.561. The third-order valence-corrected chi connectivity index (χ3v) is 7.14.